The molecule has 114 valence electrons. The molecule has 0 aliphatic carbocycles. The van der Waals surface area contributed by atoms with Gasteiger partial charge in [-0.1, -0.05) is 0 Å². The molecule has 7 heteroatoms. The van der Waals surface area contributed by atoms with E-state index in [4.69, 9.17) is 4.74 Å². The molecule has 0 radical (unpaired) electrons. The van der Waals surface area contributed by atoms with Crippen molar-refractivity contribution in [1.82, 2.24) is 15.1 Å². The first-order valence-electron chi connectivity index (χ1n) is 7.08. The van der Waals surface area contributed by atoms with E-state index in [0.29, 0.717) is 45.8 Å². The van der Waals surface area contributed by atoms with Crippen molar-refractivity contribution >= 4 is 11.9 Å². The van der Waals surface area contributed by atoms with Crippen molar-refractivity contribution in [2.75, 3.05) is 59.5 Å². The van der Waals surface area contributed by atoms with Crippen LogP contribution in [0.4, 0.5) is 0 Å². The van der Waals surface area contributed by atoms with Crippen LogP contribution in [-0.2, 0) is 19.1 Å². The van der Waals surface area contributed by atoms with Crippen LogP contribution in [0, 0.1) is 0 Å². The SMILES string of the molecule is COC(=O)CN1CCN(C(=O)CC2CNCCO2)CC1. The lowest BCUT2D eigenvalue weighted by Gasteiger charge is -2.35. The Morgan fingerprint density at radius 2 is 2.05 bits per heavy atom. The first-order valence-corrected chi connectivity index (χ1v) is 7.08. The first-order chi connectivity index (χ1) is 9.69. The Labute approximate surface area is 119 Å². The number of morpholine rings is 1. The molecule has 0 aromatic heterocycles. The van der Waals surface area contributed by atoms with E-state index >= 15 is 0 Å². The van der Waals surface area contributed by atoms with Crippen LogP contribution in [0.5, 0.6) is 0 Å². The predicted octanol–water partition coefficient (Wildman–Crippen LogP) is -1.32. The van der Waals surface area contributed by atoms with Gasteiger partial charge >= 0.3 is 5.97 Å². The van der Waals surface area contributed by atoms with Gasteiger partial charge in [0.05, 0.1) is 32.8 Å². The van der Waals surface area contributed by atoms with Crippen LogP contribution in [0.2, 0.25) is 0 Å². The summed E-state index contributed by atoms with van der Waals surface area (Å²) in [6, 6.07) is 0. The van der Waals surface area contributed by atoms with E-state index < -0.39 is 0 Å². The second kappa shape index (κ2) is 7.56. The molecular formula is C13H23N3O4. The highest BCUT2D eigenvalue weighted by molar-refractivity contribution is 5.77. The minimum Gasteiger partial charge on any atom is -0.468 e. The van der Waals surface area contributed by atoms with Gasteiger partial charge in [0.25, 0.3) is 0 Å². The average molecular weight is 285 g/mol. The Morgan fingerprint density at radius 3 is 2.65 bits per heavy atom. The van der Waals surface area contributed by atoms with Crippen LogP contribution in [0.1, 0.15) is 6.42 Å². The van der Waals surface area contributed by atoms with Crippen LogP contribution in [0.3, 0.4) is 0 Å². The number of hydrogen-bond donors (Lipinski definition) is 1. The summed E-state index contributed by atoms with van der Waals surface area (Å²) in [5, 5.41) is 3.22. The molecule has 1 N–H and O–H groups in total. The van der Waals surface area contributed by atoms with Gasteiger partial charge in [0.15, 0.2) is 0 Å². The van der Waals surface area contributed by atoms with Crippen LogP contribution in [-0.4, -0.2) is 87.3 Å². The van der Waals surface area contributed by atoms with E-state index in [-0.39, 0.29) is 18.0 Å². The van der Waals surface area contributed by atoms with Gasteiger partial charge in [-0.2, -0.15) is 0 Å². The van der Waals surface area contributed by atoms with E-state index in [1.807, 2.05) is 9.80 Å². The van der Waals surface area contributed by atoms with Gasteiger partial charge in [0.2, 0.25) is 5.91 Å². The maximum Gasteiger partial charge on any atom is 0.319 e. The molecule has 2 rings (SSSR count). The average Bonchev–Trinajstić information content (AvgIpc) is 2.49. The molecule has 0 spiro atoms. The number of rotatable bonds is 4. The minimum absolute atomic E-state index is 0.00986. The highest BCUT2D eigenvalue weighted by Gasteiger charge is 2.25. The fourth-order valence-electron chi connectivity index (χ4n) is 2.48. The summed E-state index contributed by atoms with van der Waals surface area (Å²) in [4.78, 5) is 27.2. The summed E-state index contributed by atoms with van der Waals surface area (Å²) >= 11 is 0. The van der Waals surface area contributed by atoms with E-state index in [2.05, 4.69) is 10.1 Å². The van der Waals surface area contributed by atoms with Crippen molar-refractivity contribution in [3.05, 3.63) is 0 Å². The van der Waals surface area contributed by atoms with Gasteiger partial charge in [0.1, 0.15) is 0 Å². The maximum absolute atomic E-state index is 12.2. The lowest BCUT2D eigenvalue weighted by Crippen LogP contribution is -2.51. The Morgan fingerprint density at radius 1 is 1.30 bits per heavy atom. The van der Waals surface area contributed by atoms with Crippen LogP contribution >= 0.6 is 0 Å². The van der Waals surface area contributed by atoms with Gasteiger partial charge in [-0.05, 0) is 0 Å². The molecule has 0 aromatic carbocycles. The molecule has 1 atom stereocenters. The fraction of sp³-hybridized carbons (Fsp3) is 0.846. The Kier molecular flexibility index (Phi) is 5.75. The molecule has 1 amide bonds. The number of esters is 1. The quantitative estimate of drug-likeness (QED) is 0.646. The van der Waals surface area contributed by atoms with Crippen LogP contribution in [0.25, 0.3) is 0 Å². The predicted molar refractivity (Wildman–Crippen MR) is 72.3 cm³/mol. The Bertz CT molecular complexity index is 337. The monoisotopic (exact) mass is 285 g/mol. The zero-order valence-corrected chi connectivity index (χ0v) is 12.0. The molecule has 0 saturated carbocycles. The highest BCUT2D eigenvalue weighted by Crippen LogP contribution is 2.08. The maximum atomic E-state index is 12.2. The second-order valence-electron chi connectivity index (χ2n) is 5.13. The first kappa shape index (κ1) is 15.2. The number of nitrogens with zero attached hydrogens (tertiary/aromatic N) is 2. The van der Waals surface area contributed by atoms with Gasteiger partial charge in [0, 0.05) is 39.3 Å². The third-order valence-electron chi connectivity index (χ3n) is 3.71. The van der Waals surface area contributed by atoms with E-state index in [1.165, 1.54) is 7.11 Å². The standard InChI is InChI=1S/C13H23N3O4/c1-19-13(18)10-15-3-5-16(6-4-15)12(17)8-11-9-14-2-7-20-11/h11,14H,2-10H2,1H3. The molecule has 7 nitrogen and oxygen atoms in total. The number of carbonyl (C=O) groups is 2. The molecular weight excluding hydrogens is 262 g/mol. The zero-order chi connectivity index (χ0) is 14.4. The summed E-state index contributed by atoms with van der Waals surface area (Å²) in [6.45, 7) is 5.32. The summed E-state index contributed by atoms with van der Waals surface area (Å²) in [5.74, 6) is -0.0946. The smallest absolute Gasteiger partial charge is 0.319 e. The third-order valence-corrected chi connectivity index (χ3v) is 3.71. The van der Waals surface area contributed by atoms with Crippen molar-refractivity contribution in [3.8, 4) is 0 Å². The number of carbonyl (C=O) groups excluding carboxylic acids is 2. The molecule has 2 saturated heterocycles. The van der Waals surface area contributed by atoms with Crippen LogP contribution < -0.4 is 5.32 Å². The number of nitrogens with one attached hydrogen (secondary N) is 1. The van der Waals surface area contributed by atoms with E-state index in [9.17, 15) is 9.59 Å². The molecule has 0 bridgehead atoms. The minimum atomic E-state index is -0.230. The normalized spacial score (nSPS) is 24.4. The van der Waals surface area contributed by atoms with Crippen LogP contribution in [0.15, 0.2) is 0 Å². The van der Waals surface area contributed by atoms with Crippen molar-refractivity contribution in [3.63, 3.8) is 0 Å². The number of piperazine rings is 1. The largest absolute Gasteiger partial charge is 0.468 e. The van der Waals surface area contributed by atoms with Crippen molar-refractivity contribution in [1.29, 1.82) is 0 Å². The van der Waals surface area contributed by atoms with Gasteiger partial charge in [-0.15, -0.1) is 0 Å². The molecule has 0 aromatic rings. The Balaban J connectivity index is 1.69. The molecule has 2 aliphatic heterocycles. The van der Waals surface area contributed by atoms with E-state index in [1.54, 1.807) is 0 Å². The number of amides is 1. The summed E-state index contributed by atoms with van der Waals surface area (Å²) < 4.78 is 10.2. The fourth-order valence-corrected chi connectivity index (χ4v) is 2.48. The highest BCUT2D eigenvalue weighted by atomic mass is 16.5. The molecule has 2 heterocycles. The summed E-state index contributed by atoms with van der Waals surface area (Å²) in [5.41, 5.74) is 0. The number of methoxy groups -OCH3 is 1. The zero-order valence-electron chi connectivity index (χ0n) is 12.0. The van der Waals surface area contributed by atoms with Gasteiger partial charge < -0.3 is 19.7 Å². The third kappa shape index (κ3) is 4.43. The van der Waals surface area contributed by atoms with E-state index in [0.717, 1.165) is 13.1 Å². The lowest BCUT2D eigenvalue weighted by molar-refractivity contribution is -0.143. The summed E-state index contributed by atoms with van der Waals surface area (Å²) in [6.07, 6.45) is 0.425. The van der Waals surface area contributed by atoms with Crippen molar-refractivity contribution in [2.45, 2.75) is 12.5 Å². The summed E-state index contributed by atoms with van der Waals surface area (Å²) in [7, 11) is 1.39. The van der Waals surface area contributed by atoms with Gasteiger partial charge in [-0.3, -0.25) is 14.5 Å². The second-order valence-corrected chi connectivity index (χ2v) is 5.13. The molecule has 20 heavy (non-hydrogen) atoms. The molecule has 1 unspecified atom stereocenters. The number of hydrogen-bond acceptors (Lipinski definition) is 6. The van der Waals surface area contributed by atoms with Crippen molar-refractivity contribution < 1.29 is 19.1 Å². The Hall–Kier alpha value is -1.18. The molecule has 2 fully saturated rings. The lowest BCUT2D eigenvalue weighted by atomic mass is 10.2. The topological polar surface area (TPSA) is 71.1 Å². The van der Waals surface area contributed by atoms with Gasteiger partial charge in [-0.25, -0.2) is 0 Å². The number of ether oxygens (including phenoxy) is 2. The molecule has 2 aliphatic rings. The van der Waals surface area contributed by atoms with Crippen molar-refractivity contribution in [2.24, 2.45) is 0 Å².